The minimum atomic E-state index is -0.316. The summed E-state index contributed by atoms with van der Waals surface area (Å²) in [6, 6.07) is 7.68. The SMILES string of the molecule is COC(=O)c1cc2c(n1C)CN(c1nccc(-c3cccnc3)n1)CC2. The van der Waals surface area contributed by atoms with Crippen molar-refractivity contribution < 1.29 is 9.53 Å². The molecule has 0 bridgehead atoms. The van der Waals surface area contributed by atoms with Crippen LogP contribution in [0.2, 0.25) is 0 Å². The lowest BCUT2D eigenvalue weighted by Crippen LogP contribution is -2.32. The van der Waals surface area contributed by atoms with Gasteiger partial charge >= 0.3 is 5.97 Å². The first-order valence-electron chi connectivity index (χ1n) is 8.41. The molecule has 3 aromatic heterocycles. The smallest absolute Gasteiger partial charge is 0.354 e. The van der Waals surface area contributed by atoms with Gasteiger partial charge in [0, 0.05) is 43.4 Å². The summed E-state index contributed by atoms with van der Waals surface area (Å²) in [5.74, 6) is 0.362. The Bertz CT molecular complexity index is 952. The molecule has 1 aliphatic heterocycles. The monoisotopic (exact) mass is 349 g/mol. The van der Waals surface area contributed by atoms with E-state index in [4.69, 9.17) is 9.72 Å². The van der Waals surface area contributed by atoms with E-state index in [9.17, 15) is 4.79 Å². The number of pyridine rings is 1. The lowest BCUT2D eigenvalue weighted by Gasteiger charge is -2.28. The Balaban J connectivity index is 1.64. The Kier molecular flexibility index (Phi) is 4.12. The van der Waals surface area contributed by atoms with Gasteiger partial charge in [-0.05, 0) is 36.2 Å². The predicted molar refractivity (Wildman–Crippen MR) is 96.8 cm³/mol. The van der Waals surface area contributed by atoms with Crippen molar-refractivity contribution >= 4 is 11.9 Å². The number of rotatable bonds is 3. The Morgan fingerprint density at radius 1 is 1.27 bits per heavy atom. The van der Waals surface area contributed by atoms with E-state index in [-0.39, 0.29) is 5.97 Å². The van der Waals surface area contributed by atoms with Gasteiger partial charge in [-0.25, -0.2) is 14.8 Å². The van der Waals surface area contributed by atoms with Crippen LogP contribution in [0.5, 0.6) is 0 Å². The number of hydrogen-bond acceptors (Lipinski definition) is 6. The first-order chi connectivity index (χ1) is 12.7. The fraction of sp³-hybridized carbons (Fsp3) is 0.263. The highest BCUT2D eigenvalue weighted by atomic mass is 16.5. The quantitative estimate of drug-likeness (QED) is 0.675. The predicted octanol–water partition coefficient (Wildman–Crippen LogP) is 2.23. The molecule has 26 heavy (non-hydrogen) atoms. The van der Waals surface area contributed by atoms with E-state index in [1.165, 1.54) is 12.7 Å². The van der Waals surface area contributed by atoms with Crippen molar-refractivity contribution in [3.05, 3.63) is 59.8 Å². The summed E-state index contributed by atoms with van der Waals surface area (Å²) < 4.78 is 6.77. The van der Waals surface area contributed by atoms with E-state index >= 15 is 0 Å². The van der Waals surface area contributed by atoms with Crippen molar-refractivity contribution in [2.75, 3.05) is 18.6 Å². The maximum absolute atomic E-state index is 11.9. The first kappa shape index (κ1) is 16.3. The van der Waals surface area contributed by atoms with Crippen LogP contribution in [0.1, 0.15) is 21.7 Å². The third-order valence-electron chi connectivity index (χ3n) is 4.72. The second-order valence-corrected chi connectivity index (χ2v) is 6.21. The van der Waals surface area contributed by atoms with Gasteiger partial charge in [0.15, 0.2) is 0 Å². The molecule has 7 nitrogen and oxygen atoms in total. The third-order valence-corrected chi connectivity index (χ3v) is 4.72. The summed E-state index contributed by atoms with van der Waals surface area (Å²) in [4.78, 5) is 27.3. The molecule has 0 saturated carbocycles. The largest absolute Gasteiger partial charge is 0.464 e. The number of anilines is 1. The molecule has 0 atom stereocenters. The number of aromatic nitrogens is 4. The second-order valence-electron chi connectivity index (χ2n) is 6.21. The lowest BCUT2D eigenvalue weighted by atomic mass is 10.1. The molecule has 0 radical (unpaired) electrons. The molecule has 4 rings (SSSR count). The zero-order chi connectivity index (χ0) is 18.1. The van der Waals surface area contributed by atoms with Gasteiger partial charge in [-0.3, -0.25) is 4.98 Å². The van der Waals surface area contributed by atoms with Crippen LogP contribution in [0.4, 0.5) is 5.95 Å². The standard InChI is InChI=1S/C19H19N5O2/c1-23-16(18(25)26-2)10-13-6-9-24(12-17(13)23)19-21-8-5-15(22-19)14-4-3-7-20-11-14/h3-5,7-8,10-11H,6,9,12H2,1-2H3. The van der Waals surface area contributed by atoms with Crippen molar-refractivity contribution in [2.24, 2.45) is 7.05 Å². The van der Waals surface area contributed by atoms with Gasteiger partial charge in [-0.2, -0.15) is 0 Å². The molecular weight excluding hydrogens is 330 g/mol. The van der Waals surface area contributed by atoms with Gasteiger partial charge in [0.2, 0.25) is 5.95 Å². The van der Waals surface area contributed by atoms with Gasteiger partial charge in [0.05, 0.1) is 19.3 Å². The fourth-order valence-electron chi connectivity index (χ4n) is 3.29. The molecule has 7 heteroatoms. The summed E-state index contributed by atoms with van der Waals surface area (Å²) in [7, 11) is 3.29. The minimum absolute atomic E-state index is 0.316. The van der Waals surface area contributed by atoms with E-state index in [1.54, 1.807) is 18.6 Å². The van der Waals surface area contributed by atoms with Crippen molar-refractivity contribution in [1.82, 2.24) is 19.5 Å². The van der Waals surface area contributed by atoms with Crippen LogP contribution in [-0.4, -0.2) is 39.1 Å². The molecule has 4 heterocycles. The van der Waals surface area contributed by atoms with Crippen LogP contribution in [0, 0.1) is 0 Å². The highest BCUT2D eigenvalue weighted by molar-refractivity contribution is 5.88. The van der Waals surface area contributed by atoms with E-state index in [0.29, 0.717) is 18.2 Å². The number of ether oxygens (including phenoxy) is 1. The van der Waals surface area contributed by atoms with Crippen LogP contribution in [0.3, 0.4) is 0 Å². The molecular formula is C19H19N5O2. The number of carbonyl (C=O) groups excluding carboxylic acids is 1. The average Bonchev–Trinajstić information content (AvgIpc) is 3.04. The van der Waals surface area contributed by atoms with Gasteiger partial charge in [-0.1, -0.05) is 0 Å². The van der Waals surface area contributed by atoms with Crippen LogP contribution in [0.25, 0.3) is 11.3 Å². The molecule has 0 amide bonds. The van der Waals surface area contributed by atoms with Crippen LogP contribution < -0.4 is 4.90 Å². The van der Waals surface area contributed by atoms with Gasteiger partial charge < -0.3 is 14.2 Å². The number of hydrogen-bond donors (Lipinski definition) is 0. The summed E-state index contributed by atoms with van der Waals surface area (Å²) in [6.45, 7) is 1.45. The molecule has 132 valence electrons. The molecule has 0 N–H and O–H groups in total. The van der Waals surface area contributed by atoms with Crippen molar-refractivity contribution in [1.29, 1.82) is 0 Å². The average molecular weight is 349 g/mol. The minimum Gasteiger partial charge on any atom is -0.464 e. The Morgan fingerprint density at radius 2 is 2.15 bits per heavy atom. The third kappa shape index (κ3) is 2.81. The van der Waals surface area contributed by atoms with Crippen molar-refractivity contribution in [3.8, 4) is 11.3 Å². The van der Waals surface area contributed by atoms with E-state index < -0.39 is 0 Å². The Morgan fingerprint density at radius 3 is 2.92 bits per heavy atom. The molecule has 1 aliphatic rings. The second kappa shape index (κ2) is 6.59. The number of nitrogens with zero attached hydrogens (tertiary/aromatic N) is 5. The highest BCUT2D eigenvalue weighted by Gasteiger charge is 2.25. The lowest BCUT2D eigenvalue weighted by molar-refractivity contribution is 0.0589. The molecule has 0 spiro atoms. The zero-order valence-electron chi connectivity index (χ0n) is 14.7. The number of methoxy groups -OCH3 is 1. The zero-order valence-corrected chi connectivity index (χ0v) is 14.7. The molecule has 0 aromatic carbocycles. The summed E-state index contributed by atoms with van der Waals surface area (Å²) in [6.07, 6.45) is 6.14. The Hall–Kier alpha value is -3.22. The fourth-order valence-corrected chi connectivity index (χ4v) is 3.29. The topological polar surface area (TPSA) is 73.1 Å². The van der Waals surface area contributed by atoms with E-state index in [2.05, 4.69) is 14.9 Å². The normalized spacial score (nSPS) is 13.4. The Labute approximate surface area is 151 Å². The van der Waals surface area contributed by atoms with E-state index in [1.807, 2.05) is 35.9 Å². The molecule has 0 saturated heterocycles. The summed E-state index contributed by atoms with van der Waals surface area (Å²) >= 11 is 0. The van der Waals surface area contributed by atoms with Crippen molar-refractivity contribution in [3.63, 3.8) is 0 Å². The van der Waals surface area contributed by atoms with Crippen molar-refractivity contribution in [2.45, 2.75) is 13.0 Å². The number of fused-ring (bicyclic) bond motifs is 1. The van der Waals surface area contributed by atoms with E-state index in [0.717, 1.165) is 29.9 Å². The molecule has 3 aromatic rings. The molecule has 0 unspecified atom stereocenters. The maximum atomic E-state index is 11.9. The van der Waals surface area contributed by atoms with Crippen LogP contribution in [-0.2, 0) is 24.8 Å². The van der Waals surface area contributed by atoms with Crippen LogP contribution >= 0.6 is 0 Å². The first-order valence-corrected chi connectivity index (χ1v) is 8.41. The summed E-state index contributed by atoms with van der Waals surface area (Å²) in [5.41, 5.74) is 4.64. The molecule has 0 aliphatic carbocycles. The van der Waals surface area contributed by atoms with Gasteiger partial charge in [0.1, 0.15) is 5.69 Å². The number of esters is 1. The molecule has 0 fully saturated rings. The number of carbonyl (C=O) groups is 1. The van der Waals surface area contributed by atoms with Crippen LogP contribution in [0.15, 0.2) is 42.9 Å². The van der Waals surface area contributed by atoms with Gasteiger partial charge in [-0.15, -0.1) is 0 Å². The highest BCUT2D eigenvalue weighted by Crippen LogP contribution is 2.26. The maximum Gasteiger partial charge on any atom is 0.354 e. The summed E-state index contributed by atoms with van der Waals surface area (Å²) in [5, 5.41) is 0. The van der Waals surface area contributed by atoms with Gasteiger partial charge in [0.25, 0.3) is 0 Å².